The summed E-state index contributed by atoms with van der Waals surface area (Å²) in [4.78, 5) is 10.8. The van der Waals surface area contributed by atoms with E-state index >= 15 is 0 Å². The molecular weight excluding hydrogens is 362 g/mol. The molecular formula is C13H14BrNO5S. The number of sulfonamides is 1. The number of hydrogen-bond donors (Lipinski definition) is 2. The Balaban J connectivity index is 2.15. The SMILES string of the molecule is O=C(O)c1ccc(S(=O)(=O)NCC2=CCCOC2)c(Br)c1. The lowest BCUT2D eigenvalue weighted by molar-refractivity contribution is 0.0696. The molecule has 2 N–H and O–H groups in total. The minimum atomic E-state index is -3.72. The van der Waals surface area contributed by atoms with Gasteiger partial charge in [0.1, 0.15) is 0 Å². The lowest BCUT2D eigenvalue weighted by atomic mass is 10.2. The van der Waals surface area contributed by atoms with E-state index in [0.29, 0.717) is 13.2 Å². The van der Waals surface area contributed by atoms with Crippen LogP contribution >= 0.6 is 15.9 Å². The molecule has 21 heavy (non-hydrogen) atoms. The van der Waals surface area contributed by atoms with Crippen molar-refractivity contribution in [1.29, 1.82) is 0 Å². The van der Waals surface area contributed by atoms with Gasteiger partial charge in [0.15, 0.2) is 0 Å². The van der Waals surface area contributed by atoms with Crippen LogP contribution in [0.15, 0.2) is 39.2 Å². The fourth-order valence-corrected chi connectivity index (χ4v) is 3.96. The number of aromatic carboxylic acids is 1. The molecule has 1 aliphatic heterocycles. The quantitative estimate of drug-likeness (QED) is 0.765. The Morgan fingerprint density at radius 2 is 2.19 bits per heavy atom. The predicted molar refractivity (Wildman–Crippen MR) is 79.8 cm³/mol. The largest absolute Gasteiger partial charge is 0.478 e. The molecule has 1 aromatic carbocycles. The van der Waals surface area contributed by atoms with Crippen LogP contribution in [0.2, 0.25) is 0 Å². The van der Waals surface area contributed by atoms with E-state index in [-0.39, 0.29) is 21.5 Å². The topological polar surface area (TPSA) is 92.7 Å². The Hall–Kier alpha value is -1.22. The van der Waals surface area contributed by atoms with Gasteiger partial charge in [-0.3, -0.25) is 0 Å². The highest BCUT2D eigenvalue weighted by atomic mass is 79.9. The highest BCUT2D eigenvalue weighted by Gasteiger charge is 2.19. The normalized spacial score (nSPS) is 15.6. The van der Waals surface area contributed by atoms with Crippen molar-refractivity contribution in [3.8, 4) is 0 Å². The maximum atomic E-state index is 12.2. The molecule has 0 unspecified atom stereocenters. The molecule has 0 aliphatic carbocycles. The number of ether oxygens (including phenoxy) is 1. The number of halogens is 1. The first-order valence-corrected chi connectivity index (χ1v) is 8.46. The number of carbonyl (C=O) groups is 1. The van der Waals surface area contributed by atoms with Crippen molar-refractivity contribution in [1.82, 2.24) is 4.72 Å². The lowest BCUT2D eigenvalue weighted by Crippen LogP contribution is -2.28. The van der Waals surface area contributed by atoms with Gasteiger partial charge in [0.05, 0.1) is 23.7 Å². The van der Waals surface area contributed by atoms with Crippen molar-refractivity contribution < 1.29 is 23.1 Å². The minimum absolute atomic E-state index is 0.00447. The number of nitrogens with one attached hydrogen (secondary N) is 1. The summed E-state index contributed by atoms with van der Waals surface area (Å²) < 4.78 is 32.4. The maximum absolute atomic E-state index is 12.2. The van der Waals surface area contributed by atoms with Gasteiger partial charge in [-0.15, -0.1) is 0 Å². The van der Waals surface area contributed by atoms with Crippen molar-refractivity contribution in [2.75, 3.05) is 19.8 Å². The van der Waals surface area contributed by atoms with E-state index in [1.165, 1.54) is 18.2 Å². The zero-order valence-electron chi connectivity index (χ0n) is 11.0. The third-order valence-corrected chi connectivity index (χ3v) is 5.32. The third kappa shape index (κ3) is 4.13. The molecule has 0 fully saturated rings. The van der Waals surface area contributed by atoms with Gasteiger partial charge < -0.3 is 9.84 Å². The molecule has 1 heterocycles. The first kappa shape index (κ1) is 16.2. The van der Waals surface area contributed by atoms with Gasteiger partial charge in [-0.25, -0.2) is 17.9 Å². The lowest BCUT2D eigenvalue weighted by Gasteiger charge is -2.15. The second kappa shape index (κ2) is 6.69. The highest BCUT2D eigenvalue weighted by molar-refractivity contribution is 9.10. The summed E-state index contributed by atoms with van der Waals surface area (Å²) in [6.45, 7) is 1.25. The fourth-order valence-electron chi connectivity index (χ4n) is 1.85. The standard InChI is InChI=1S/C13H14BrNO5S/c14-11-6-10(13(16)17)3-4-12(11)21(18,19)15-7-9-2-1-5-20-8-9/h2-4,6,15H,1,5,7-8H2,(H,16,17). The Morgan fingerprint density at radius 1 is 1.43 bits per heavy atom. The van der Waals surface area contributed by atoms with E-state index < -0.39 is 16.0 Å². The summed E-state index contributed by atoms with van der Waals surface area (Å²) in [7, 11) is -3.72. The van der Waals surface area contributed by atoms with Gasteiger partial charge >= 0.3 is 5.97 Å². The van der Waals surface area contributed by atoms with Crippen molar-refractivity contribution in [3.63, 3.8) is 0 Å². The van der Waals surface area contributed by atoms with E-state index in [4.69, 9.17) is 9.84 Å². The summed E-state index contributed by atoms with van der Waals surface area (Å²) >= 11 is 3.10. The van der Waals surface area contributed by atoms with Crippen LogP contribution in [0.25, 0.3) is 0 Å². The molecule has 0 atom stereocenters. The first-order valence-electron chi connectivity index (χ1n) is 6.18. The number of benzene rings is 1. The zero-order valence-corrected chi connectivity index (χ0v) is 13.4. The molecule has 0 saturated heterocycles. The van der Waals surface area contributed by atoms with Gasteiger partial charge in [0.2, 0.25) is 10.0 Å². The summed E-state index contributed by atoms with van der Waals surface area (Å²) in [5.41, 5.74) is 0.896. The summed E-state index contributed by atoms with van der Waals surface area (Å²) in [5.74, 6) is -1.11. The van der Waals surface area contributed by atoms with Crippen LogP contribution in [0.4, 0.5) is 0 Å². The summed E-state index contributed by atoms with van der Waals surface area (Å²) in [6.07, 6.45) is 2.72. The Bertz CT molecular complexity index is 684. The zero-order chi connectivity index (χ0) is 15.5. The van der Waals surface area contributed by atoms with Crippen LogP contribution in [0, 0.1) is 0 Å². The van der Waals surface area contributed by atoms with Crippen LogP contribution in [-0.4, -0.2) is 39.3 Å². The van der Waals surface area contributed by atoms with E-state index in [0.717, 1.165) is 12.0 Å². The van der Waals surface area contributed by atoms with Crippen molar-refractivity contribution in [3.05, 3.63) is 39.9 Å². The molecule has 114 valence electrons. The molecule has 0 spiro atoms. The smallest absolute Gasteiger partial charge is 0.335 e. The van der Waals surface area contributed by atoms with Crippen LogP contribution < -0.4 is 4.72 Å². The third-order valence-electron chi connectivity index (χ3n) is 2.94. The van der Waals surface area contributed by atoms with Gasteiger partial charge in [-0.2, -0.15) is 0 Å². The van der Waals surface area contributed by atoms with Crippen LogP contribution in [0.1, 0.15) is 16.8 Å². The molecule has 2 rings (SSSR count). The first-order chi connectivity index (χ1) is 9.90. The number of hydrogen-bond acceptors (Lipinski definition) is 4. The monoisotopic (exact) mass is 375 g/mol. The van der Waals surface area contributed by atoms with Gasteiger partial charge in [0, 0.05) is 11.0 Å². The average Bonchev–Trinajstić information content (AvgIpc) is 2.46. The molecule has 0 aromatic heterocycles. The van der Waals surface area contributed by atoms with Crippen LogP contribution in [-0.2, 0) is 14.8 Å². The Labute approximate surface area is 131 Å². The molecule has 0 radical (unpaired) electrons. The second-order valence-corrected chi connectivity index (χ2v) is 7.07. The summed E-state index contributed by atoms with van der Waals surface area (Å²) in [5, 5.41) is 8.87. The van der Waals surface area contributed by atoms with Crippen LogP contribution in [0.3, 0.4) is 0 Å². The highest BCUT2D eigenvalue weighted by Crippen LogP contribution is 2.23. The number of rotatable bonds is 5. The van der Waals surface area contributed by atoms with Crippen molar-refractivity contribution in [2.24, 2.45) is 0 Å². The van der Waals surface area contributed by atoms with E-state index in [9.17, 15) is 13.2 Å². The van der Waals surface area contributed by atoms with E-state index in [2.05, 4.69) is 20.7 Å². The number of carboxylic acids is 1. The van der Waals surface area contributed by atoms with Gasteiger partial charge in [0.25, 0.3) is 0 Å². The molecule has 8 heteroatoms. The van der Waals surface area contributed by atoms with Crippen molar-refractivity contribution >= 4 is 31.9 Å². The molecule has 0 bridgehead atoms. The summed E-state index contributed by atoms with van der Waals surface area (Å²) in [6, 6.07) is 3.78. The molecule has 0 saturated carbocycles. The number of carboxylic acid groups (broad SMARTS) is 1. The molecule has 0 amide bonds. The molecule has 6 nitrogen and oxygen atoms in total. The molecule has 1 aromatic rings. The Kier molecular flexibility index (Phi) is 5.15. The Morgan fingerprint density at radius 3 is 2.76 bits per heavy atom. The minimum Gasteiger partial charge on any atom is -0.478 e. The van der Waals surface area contributed by atoms with Gasteiger partial charge in [-0.05, 0) is 46.1 Å². The maximum Gasteiger partial charge on any atom is 0.335 e. The fraction of sp³-hybridized carbons (Fsp3) is 0.308. The second-order valence-electron chi connectivity index (χ2n) is 4.48. The molecule has 1 aliphatic rings. The van der Waals surface area contributed by atoms with Crippen molar-refractivity contribution in [2.45, 2.75) is 11.3 Å². The van der Waals surface area contributed by atoms with E-state index in [1.54, 1.807) is 0 Å². The van der Waals surface area contributed by atoms with Crippen LogP contribution in [0.5, 0.6) is 0 Å². The average molecular weight is 376 g/mol. The van der Waals surface area contributed by atoms with E-state index in [1.807, 2.05) is 6.08 Å². The van der Waals surface area contributed by atoms with Gasteiger partial charge in [-0.1, -0.05) is 6.08 Å². The predicted octanol–water partition coefficient (Wildman–Crippen LogP) is 1.77.